The summed E-state index contributed by atoms with van der Waals surface area (Å²) in [5, 5.41) is 1.10. The van der Waals surface area contributed by atoms with Gasteiger partial charge in [0.1, 0.15) is 11.9 Å². The fraction of sp³-hybridized carbons (Fsp3) is 0.318. The van der Waals surface area contributed by atoms with Gasteiger partial charge < -0.3 is 9.47 Å². The summed E-state index contributed by atoms with van der Waals surface area (Å²) in [6.45, 7) is 6.78. The molecule has 0 fully saturated rings. The van der Waals surface area contributed by atoms with E-state index in [1.54, 1.807) is 7.11 Å². The van der Waals surface area contributed by atoms with Crippen molar-refractivity contribution in [2.24, 2.45) is 0 Å². The minimum Gasteiger partial charge on any atom is -0.497 e. The molecular formula is C22H24N2O2. The number of nitrogens with zero attached hydrogens (tertiary/aromatic N) is 2. The number of ether oxygens (including phenoxy) is 2. The lowest BCUT2D eigenvalue weighted by Crippen LogP contribution is -2.30. The number of fused-ring (bicyclic) bond motifs is 2. The first-order chi connectivity index (χ1) is 12.6. The van der Waals surface area contributed by atoms with E-state index < -0.39 is 0 Å². The van der Waals surface area contributed by atoms with Gasteiger partial charge in [0.15, 0.2) is 0 Å². The zero-order valence-corrected chi connectivity index (χ0v) is 15.5. The highest BCUT2D eigenvalue weighted by Gasteiger charge is 2.22. The summed E-state index contributed by atoms with van der Waals surface area (Å²) in [5.41, 5.74) is 4.52. The van der Waals surface area contributed by atoms with Gasteiger partial charge in [0.25, 0.3) is 0 Å². The summed E-state index contributed by atoms with van der Waals surface area (Å²) in [4.78, 5) is 7.26. The molecule has 2 heterocycles. The number of methoxy groups -OCH3 is 1. The third-order valence-electron chi connectivity index (χ3n) is 4.83. The van der Waals surface area contributed by atoms with Crippen molar-refractivity contribution in [3.63, 3.8) is 0 Å². The van der Waals surface area contributed by atoms with Crippen LogP contribution in [0, 0.1) is 6.92 Å². The minimum atomic E-state index is 0.100. The van der Waals surface area contributed by atoms with Crippen LogP contribution in [0.4, 0.5) is 0 Å². The molecule has 4 heteroatoms. The summed E-state index contributed by atoms with van der Waals surface area (Å²) < 4.78 is 11.6. The summed E-state index contributed by atoms with van der Waals surface area (Å²) >= 11 is 0. The molecule has 0 saturated carbocycles. The Labute approximate surface area is 154 Å². The van der Waals surface area contributed by atoms with Crippen LogP contribution < -0.4 is 9.47 Å². The molecule has 0 N–H and O–H groups in total. The maximum Gasteiger partial charge on any atom is 0.218 e. The first-order valence-electron chi connectivity index (χ1n) is 9.03. The van der Waals surface area contributed by atoms with Crippen LogP contribution in [-0.2, 0) is 13.1 Å². The maximum absolute atomic E-state index is 6.16. The highest BCUT2D eigenvalue weighted by molar-refractivity contribution is 5.84. The largest absolute Gasteiger partial charge is 0.497 e. The van der Waals surface area contributed by atoms with Crippen molar-refractivity contribution >= 4 is 10.9 Å². The van der Waals surface area contributed by atoms with E-state index in [0.29, 0.717) is 0 Å². The van der Waals surface area contributed by atoms with Crippen LogP contribution >= 0.6 is 0 Å². The van der Waals surface area contributed by atoms with Gasteiger partial charge in [0.2, 0.25) is 5.88 Å². The Morgan fingerprint density at radius 2 is 2.00 bits per heavy atom. The number of pyridine rings is 1. The number of hydrogen-bond donors (Lipinski definition) is 0. The number of hydrogen-bond acceptors (Lipinski definition) is 4. The van der Waals surface area contributed by atoms with Gasteiger partial charge in [-0.1, -0.05) is 30.3 Å². The van der Waals surface area contributed by atoms with Gasteiger partial charge in [-0.05, 0) is 43.2 Å². The Hall–Kier alpha value is -2.59. The van der Waals surface area contributed by atoms with E-state index in [4.69, 9.17) is 14.5 Å². The van der Waals surface area contributed by atoms with Gasteiger partial charge in [-0.25, -0.2) is 4.98 Å². The van der Waals surface area contributed by atoms with E-state index in [9.17, 15) is 0 Å². The van der Waals surface area contributed by atoms with Gasteiger partial charge in [0, 0.05) is 30.6 Å². The summed E-state index contributed by atoms with van der Waals surface area (Å²) in [6, 6.07) is 16.8. The fourth-order valence-electron chi connectivity index (χ4n) is 3.65. The third-order valence-corrected chi connectivity index (χ3v) is 4.83. The van der Waals surface area contributed by atoms with E-state index in [0.717, 1.165) is 53.3 Å². The van der Waals surface area contributed by atoms with Crippen molar-refractivity contribution in [2.75, 3.05) is 13.7 Å². The molecule has 0 saturated heterocycles. The van der Waals surface area contributed by atoms with Crippen LogP contribution in [-0.4, -0.2) is 29.6 Å². The third kappa shape index (κ3) is 3.37. The number of aromatic nitrogens is 1. The molecule has 26 heavy (non-hydrogen) atoms. The van der Waals surface area contributed by atoms with E-state index in [1.165, 1.54) is 5.56 Å². The summed E-state index contributed by atoms with van der Waals surface area (Å²) in [6.07, 6.45) is 0.100. The topological polar surface area (TPSA) is 34.6 Å². The standard InChI is InChI=1S/C22H24N2O2/c1-15-9-20(25-3)11-18-10-19-14-24(13-17-7-5-4-6-8-17)12-16(2)26-22(19)23-21(15)18/h4-11,16H,12-14H2,1-3H3/t16-/m1/s1. The average molecular weight is 348 g/mol. The van der Waals surface area contributed by atoms with Crippen LogP contribution in [0.15, 0.2) is 48.5 Å². The molecule has 1 aliphatic heterocycles. The van der Waals surface area contributed by atoms with Crippen molar-refractivity contribution in [2.45, 2.75) is 33.0 Å². The first kappa shape index (κ1) is 16.9. The Morgan fingerprint density at radius 1 is 1.19 bits per heavy atom. The van der Waals surface area contributed by atoms with E-state index in [-0.39, 0.29) is 6.10 Å². The van der Waals surface area contributed by atoms with E-state index >= 15 is 0 Å². The number of benzene rings is 2. The Balaban J connectivity index is 1.71. The summed E-state index contributed by atoms with van der Waals surface area (Å²) in [5.74, 6) is 1.62. The molecule has 0 spiro atoms. The molecule has 0 radical (unpaired) electrons. The molecule has 0 amide bonds. The molecule has 4 nitrogen and oxygen atoms in total. The SMILES string of the molecule is COc1cc(C)c2nc3c(cc2c1)CN(Cc1ccccc1)C[C@@H](C)O3. The molecule has 2 aromatic carbocycles. The first-order valence-corrected chi connectivity index (χ1v) is 9.03. The zero-order chi connectivity index (χ0) is 18.1. The quantitative estimate of drug-likeness (QED) is 0.705. The Bertz CT molecular complexity index is 924. The normalized spacial score (nSPS) is 17.4. The maximum atomic E-state index is 6.16. The highest BCUT2D eigenvalue weighted by Crippen LogP contribution is 2.31. The Kier molecular flexibility index (Phi) is 4.51. The van der Waals surface area contributed by atoms with Gasteiger partial charge in [-0.2, -0.15) is 0 Å². The van der Waals surface area contributed by atoms with Gasteiger partial charge in [-0.3, -0.25) is 4.90 Å². The van der Waals surface area contributed by atoms with Crippen molar-refractivity contribution in [3.05, 3.63) is 65.2 Å². The van der Waals surface area contributed by atoms with Crippen molar-refractivity contribution < 1.29 is 9.47 Å². The molecule has 3 aromatic rings. The predicted octanol–water partition coefficient (Wildman–Crippen LogP) is 4.33. The molecule has 134 valence electrons. The van der Waals surface area contributed by atoms with Crippen molar-refractivity contribution in [1.82, 2.24) is 9.88 Å². The van der Waals surface area contributed by atoms with Crippen LogP contribution in [0.5, 0.6) is 11.6 Å². The van der Waals surface area contributed by atoms with E-state index in [2.05, 4.69) is 55.1 Å². The highest BCUT2D eigenvalue weighted by atomic mass is 16.5. The lowest BCUT2D eigenvalue weighted by molar-refractivity contribution is 0.153. The van der Waals surface area contributed by atoms with Gasteiger partial charge in [-0.15, -0.1) is 0 Å². The van der Waals surface area contributed by atoms with E-state index in [1.807, 2.05) is 12.1 Å². The Morgan fingerprint density at radius 3 is 2.77 bits per heavy atom. The van der Waals surface area contributed by atoms with Crippen LogP contribution in [0.1, 0.15) is 23.6 Å². The minimum absolute atomic E-state index is 0.100. The molecule has 1 aliphatic rings. The van der Waals surface area contributed by atoms with Gasteiger partial charge in [0.05, 0.1) is 12.6 Å². The average Bonchev–Trinajstić information content (AvgIpc) is 2.77. The number of aryl methyl sites for hydroxylation is 1. The predicted molar refractivity (Wildman–Crippen MR) is 104 cm³/mol. The summed E-state index contributed by atoms with van der Waals surface area (Å²) in [7, 11) is 1.70. The second-order valence-corrected chi connectivity index (χ2v) is 7.05. The molecule has 1 aromatic heterocycles. The van der Waals surface area contributed by atoms with Crippen LogP contribution in [0.2, 0.25) is 0 Å². The van der Waals surface area contributed by atoms with Crippen molar-refractivity contribution in [1.29, 1.82) is 0 Å². The molecule has 0 unspecified atom stereocenters. The monoisotopic (exact) mass is 348 g/mol. The molecule has 0 aliphatic carbocycles. The molecule has 4 rings (SSSR count). The molecular weight excluding hydrogens is 324 g/mol. The zero-order valence-electron chi connectivity index (χ0n) is 15.5. The fourth-order valence-corrected chi connectivity index (χ4v) is 3.65. The molecule has 0 bridgehead atoms. The van der Waals surface area contributed by atoms with Gasteiger partial charge >= 0.3 is 0 Å². The second-order valence-electron chi connectivity index (χ2n) is 7.05. The van der Waals surface area contributed by atoms with Crippen molar-refractivity contribution in [3.8, 4) is 11.6 Å². The smallest absolute Gasteiger partial charge is 0.218 e. The lowest BCUT2D eigenvalue weighted by Gasteiger charge is -2.21. The van der Waals surface area contributed by atoms with Crippen LogP contribution in [0.25, 0.3) is 10.9 Å². The second kappa shape index (κ2) is 6.96. The molecule has 1 atom stereocenters. The number of rotatable bonds is 3. The lowest BCUT2D eigenvalue weighted by atomic mass is 10.1. The van der Waals surface area contributed by atoms with Crippen LogP contribution in [0.3, 0.4) is 0 Å².